The molecule has 0 radical (unpaired) electrons. The summed E-state index contributed by atoms with van der Waals surface area (Å²) in [6.45, 7) is 4.46. The van der Waals surface area contributed by atoms with Crippen molar-refractivity contribution in [3.63, 3.8) is 0 Å². The standard InChI is InChI=1S/C119H128O24/c1-120-96-48-72-36-82-58-107-97(121-2)49-73(82)38-84-60-109-98(122-3)50-74(84)37-83(72)59-106(96)132-24-19-25-134-108-61-85-39-75-51-99(123-4)110(135-27-20-26-133-107)62-90(75)46-94-68-116(117(137-29-21-28-136-109)69-92(94)44-80(85)52-100(108)124-5)130-22-17-15-13-11-12-14-16-18-23-131-118-70-95-47-91-67-115-104(128-9)56-79(91)43-89-66-113-105(129-10)57-81(89)45-93(95)71-119(118)143-35-34-142-114-65-88-42-77-54-102(126-7)112(139-32-33-141-115)63-86(77)40-76-53-101(125-6)111(138-30-31-140-113)64-87(76)41-78(88)55-103(114)127-8/h48-71H,11-47H2,1-10H3. The van der Waals surface area contributed by atoms with Gasteiger partial charge in [0.1, 0.15) is 39.6 Å². The summed E-state index contributed by atoms with van der Waals surface area (Å²) < 4.78 is 157. The SMILES string of the molecule is COc1cc2c3cc1OCCCOc1cc4c(cc1OC)Cc1cc5c(OC)cc1Cc1cc(c(OCCCCCCCCCCOc6cc7c8cc6OCCOc6cc9c(cc6OC)Cc6cc%10c(OC)cc6Cc6cc(c(OC)cc6C9)OCCOc6cc(c(cc6OC)Cc6cc(c(OC)cc6C8)OCCO%10)C7)cc1C4)OCCCOc1cc(c(cc1OC)Cc1cc(c(OC)cc1C3)OCCCO5)C2. The second kappa shape index (κ2) is 44.6. The summed E-state index contributed by atoms with van der Waals surface area (Å²) in [6, 6.07) is 51.2. The van der Waals surface area contributed by atoms with Crippen LogP contribution in [-0.4, -0.2) is 164 Å². The zero-order valence-corrected chi connectivity index (χ0v) is 83.8. The highest BCUT2D eigenvalue weighted by atomic mass is 16.6. The number of ether oxygens (including phenoxy) is 24. The molecule has 24 heterocycles. The smallest absolute Gasteiger partial charge is 0.161 e. The molecule has 4 aliphatic carbocycles. The number of unbranched alkanes of at least 4 members (excludes halogenated alkanes) is 7. The fourth-order valence-electron chi connectivity index (χ4n) is 21.1. The van der Waals surface area contributed by atoms with Gasteiger partial charge in [0.2, 0.25) is 0 Å². The van der Waals surface area contributed by atoms with Gasteiger partial charge in [-0.3, -0.25) is 0 Å². The average Bonchev–Trinajstić information content (AvgIpc) is 1.66. The minimum Gasteiger partial charge on any atom is -0.493 e. The van der Waals surface area contributed by atoms with E-state index in [1.807, 2.05) is 0 Å². The molecule has 0 amide bonds. The lowest BCUT2D eigenvalue weighted by atomic mass is 9.94. The fraction of sp³-hybridized carbons (Fsp3) is 0.395. The second-order valence-corrected chi connectivity index (χ2v) is 37.7. The summed E-state index contributed by atoms with van der Waals surface area (Å²) in [5, 5.41) is 0. The van der Waals surface area contributed by atoms with Gasteiger partial charge in [-0.15, -0.1) is 0 Å². The van der Waals surface area contributed by atoms with E-state index in [9.17, 15) is 0 Å². The number of hydrogen-bond acceptors (Lipinski definition) is 24. The lowest BCUT2D eigenvalue weighted by molar-refractivity contribution is 0.201. The van der Waals surface area contributed by atoms with Gasteiger partial charge in [0.15, 0.2) is 138 Å². The van der Waals surface area contributed by atoms with E-state index in [0.29, 0.717) is 287 Å². The molecule has 28 aliphatic rings. The topological polar surface area (TPSA) is 222 Å². The Morgan fingerprint density at radius 3 is 0.392 bits per heavy atom. The maximum absolute atomic E-state index is 7.01. The average molecular weight is 1940 g/mol. The summed E-state index contributed by atoms with van der Waals surface area (Å²) in [6.07, 6.45) is 16.6. The molecule has 36 bridgehead atoms. The van der Waals surface area contributed by atoms with Crippen molar-refractivity contribution >= 4 is 0 Å². The first-order valence-corrected chi connectivity index (χ1v) is 50.4. The summed E-state index contributed by atoms with van der Waals surface area (Å²) in [7, 11) is 16.9. The Balaban J connectivity index is 0.550. The largest absolute Gasteiger partial charge is 0.493 e. The Morgan fingerprint density at radius 2 is 0.252 bits per heavy atom. The molecule has 24 heteroatoms. The van der Waals surface area contributed by atoms with E-state index in [4.69, 9.17) is 114 Å². The van der Waals surface area contributed by atoms with Crippen LogP contribution in [0.25, 0.3) is 0 Å². The van der Waals surface area contributed by atoms with E-state index in [0.717, 1.165) is 185 Å². The van der Waals surface area contributed by atoms with Crippen molar-refractivity contribution in [1.82, 2.24) is 0 Å². The molecule has 0 spiro atoms. The van der Waals surface area contributed by atoms with Gasteiger partial charge >= 0.3 is 0 Å². The maximum atomic E-state index is 7.01. The quantitative estimate of drug-likeness (QED) is 0.0543. The van der Waals surface area contributed by atoms with Gasteiger partial charge in [-0.2, -0.15) is 0 Å². The first-order chi connectivity index (χ1) is 70.3. The highest BCUT2D eigenvalue weighted by molar-refractivity contribution is 5.66. The Labute approximate surface area is 837 Å². The number of methoxy groups -OCH3 is 10. The number of hydrogen-bond donors (Lipinski definition) is 0. The van der Waals surface area contributed by atoms with E-state index >= 15 is 0 Å². The normalized spacial score (nSPS) is 15.0. The van der Waals surface area contributed by atoms with Crippen molar-refractivity contribution < 1.29 is 114 Å². The second-order valence-electron chi connectivity index (χ2n) is 37.7. The molecule has 24 nitrogen and oxygen atoms in total. The van der Waals surface area contributed by atoms with E-state index in [-0.39, 0.29) is 39.6 Å². The molecule has 0 N–H and O–H groups in total. The van der Waals surface area contributed by atoms with Crippen molar-refractivity contribution in [2.45, 2.75) is 148 Å². The van der Waals surface area contributed by atoms with Gasteiger partial charge in [0.25, 0.3) is 0 Å². The van der Waals surface area contributed by atoms with Gasteiger partial charge in [-0.1, -0.05) is 38.5 Å². The van der Waals surface area contributed by atoms with E-state index in [1.165, 1.54) is 0 Å². The molecular formula is C119H128O24. The Hall–Kier alpha value is -14.2. The van der Waals surface area contributed by atoms with Gasteiger partial charge in [0, 0.05) is 19.3 Å². The van der Waals surface area contributed by atoms with Crippen LogP contribution in [0.1, 0.15) is 204 Å². The molecule has 24 aliphatic heterocycles. The van der Waals surface area contributed by atoms with Crippen LogP contribution in [0.15, 0.2) is 146 Å². The molecule has 40 rings (SSSR count). The minimum atomic E-state index is 0.206. The summed E-state index contributed by atoms with van der Waals surface area (Å²) in [4.78, 5) is 0. The summed E-state index contributed by atoms with van der Waals surface area (Å²) in [5.41, 5.74) is 26.0. The van der Waals surface area contributed by atoms with Crippen LogP contribution < -0.4 is 114 Å². The predicted molar refractivity (Wildman–Crippen MR) is 544 cm³/mol. The van der Waals surface area contributed by atoms with Gasteiger partial charge < -0.3 is 114 Å². The third-order valence-corrected chi connectivity index (χ3v) is 28.7. The van der Waals surface area contributed by atoms with Crippen LogP contribution >= 0.6 is 0 Å². The lowest BCUT2D eigenvalue weighted by Gasteiger charge is -2.20. The monoisotopic (exact) mass is 1940 g/mol. The Morgan fingerprint density at radius 1 is 0.140 bits per heavy atom. The third kappa shape index (κ3) is 21.6. The molecule has 12 aromatic carbocycles. The molecule has 0 atom stereocenters. The fourth-order valence-corrected chi connectivity index (χ4v) is 21.1. The predicted octanol–water partition coefficient (Wildman–Crippen LogP) is 21.9. The van der Waals surface area contributed by atoms with Crippen molar-refractivity contribution in [1.29, 1.82) is 0 Å². The number of benzene rings is 12. The van der Waals surface area contributed by atoms with Crippen LogP contribution in [0.5, 0.6) is 138 Å². The van der Waals surface area contributed by atoms with E-state index in [2.05, 4.69) is 146 Å². The van der Waals surface area contributed by atoms with E-state index in [1.54, 1.807) is 71.1 Å². The molecule has 0 aromatic heterocycles. The van der Waals surface area contributed by atoms with Crippen LogP contribution in [-0.2, 0) is 77.0 Å². The molecule has 748 valence electrons. The molecule has 0 saturated carbocycles. The first-order valence-electron chi connectivity index (χ1n) is 50.4. The summed E-state index contributed by atoms with van der Waals surface area (Å²) >= 11 is 0. The maximum Gasteiger partial charge on any atom is 0.161 e. The molecule has 0 unspecified atom stereocenters. The van der Waals surface area contributed by atoms with Crippen LogP contribution in [0.4, 0.5) is 0 Å². The molecule has 143 heavy (non-hydrogen) atoms. The Kier molecular flexibility index (Phi) is 30.0. The van der Waals surface area contributed by atoms with E-state index < -0.39 is 0 Å². The van der Waals surface area contributed by atoms with Crippen molar-refractivity contribution in [2.75, 3.05) is 164 Å². The van der Waals surface area contributed by atoms with Gasteiger partial charge in [-0.05, 0) is 369 Å². The molecule has 0 fully saturated rings. The summed E-state index contributed by atoms with van der Waals surface area (Å²) in [5.74, 6) is 15.2. The highest BCUT2D eigenvalue weighted by Gasteiger charge is 2.32. The minimum absolute atomic E-state index is 0.206. The lowest BCUT2D eigenvalue weighted by Crippen LogP contribution is -2.13. The third-order valence-electron chi connectivity index (χ3n) is 28.7. The van der Waals surface area contributed by atoms with Crippen LogP contribution in [0.3, 0.4) is 0 Å². The number of rotatable bonds is 23. The van der Waals surface area contributed by atoms with Crippen molar-refractivity contribution in [3.05, 3.63) is 279 Å². The van der Waals surface area contributed by atoms with Gasteiger partial charge in [-0.25, -0.2) is 0 Å². The Bertz CT molecular complexity index is 6630. The zero-order valence-electron chi connectivity index (χ0n) is 83.8. The highest BCUT2D eigenvalue weighted by Crippen LogP contribution is 2.50. The van der Waals surface area contributed by atoms with Crippen LogP contribution in [0.2, 0.25) is 0 Å². The van der Waals surface area contributed by atoms with Crippen molar-refractivity contribution in [2.24, 2.45) is 0 Å². The molecule has 12 aromatic rings. The zero-order chi connectivity index (χ0) is 97.8. The van der Waals surface area contributed by atoms with Crippen LogP contribution in [0, 0.1) is 0 Å². The first kappa shape index (κ1) is 96.3. The van der Waals surface area contributed by atoms with Gasteiger partial charge in [0.05, 0.1) is 124 Å². The molecular weight excluding hydrogens is 1810 g/mol. The molecule has 0 saturated heterocycles. The van der Waals surface area contributed by atoms with Crippen molar-refractivity contribution in [3.8, 4) is 138 Å².